The molecule has 1 aliphatic heterocycles. The molecule has 5 atom stereocenters. The number of carbonyl (C=O) groups excluding carboxylic acids is 2. The van der Waals surface area contributed by atoms with Crippen LogP contribution in [-0.4, -0.2) is 89.5 Å². The zero-order chi connectivity index (χ0) is 31.9. The van der Waals surface area contributed by atoms with Gasteiger partial charge in [0, 0.05) is 5.56 Å². The Bertz CT molecular complexity index is 1850. The molecule has 0 aliphatic carbocycles. The minimum absolute atomic E-state index is 0.111. The maximum absolute atomic E-state index is 10.2. The van der Waals surface area contributed by atoms with Crippen LogP contribution < -0.4 is 10.2 Å². The van der Waals surface area contributed by atoms with Crippen LogP contribution in [0.3, 0.4) is 0 Å². The average molecular weight is 613 g/mol. The number of hydrogen-bond acceptors (Lipinski definition) is 12. The molecule has 45 heavy (non-hydrogen) atoms. The molecule has 14 heteroatoms. The molecule has 3 aromatic carbocycles. The van der Waals surface area contributed by atoms with E-state index in [4.69, 9.17) is 29.6 Å². The van der Waals surface area contributed by atoms with Crippen LogP contribution in [0, 0.1) is 5.41 Å². The van der Waals surface area contributed by atoms with Crippen LogP contribution >= 0.6 is 0 Å². The van der Waals surface area contributed by atoms with Crippen LogP contribution in [0.4, 0.5) is 0 Å². The molecule has 1 fully saturated rings. The van der Waals surface area contributed by atoms with Crippen molar-refractivity contribution in [1.29, 1.82) is 5.41 Å². The van der Waals surface area contributed by atoms with Crippen LogP contribution in [0.1, 0.15) is 5.56 Å². The van der Waals surface area contributed by atoms with Crippen LogP contribution in [-0.2, 0) is 14.3 Å². The number of nitrogens with one attached hydrogen (secondary N) is 1. The van der Waals surface area contributed by atoms with Gasteiger partial charge in [0.15, 0.2) is 11.1 Å². The summed E-state index contributed by atoms with van der Waals surface area (Å²) in [6.07, 6.45) is -3.57. The fourth-order valence-electron chi connectivity index (χ4n) is 4.72. The van der Waals surface area contributed by atoms with Gasteiger partial charge in [-0.3, -0.25) is 5.41 Å². The zero-order valence-electron chi connectivity index (χ0n) is 23.5. The Kier molecular flexibility index (Phi) is 9.65. The second-order valence-electron chi connectivity index (χ2n) is 9.81. The Morgan fingerprint density at radius 3 is 2.22 bits per heavy atom. The van der Waals surface area contributed by atoms with E-state index in [0.29, 0.717) is 28.0 Å². The summed E-state index contributed by atoms with van der Waals surface area (Å²) in [7, 11) is 0. The third kappa shape index (κ3) is 6.61. The van der Waals surface area contributed by atoms with Gasteiger partial charge in [-0.2, -0.15) is 19.8 Å². The van der Waals surface area contributed by atoms with Gasteiger partial charge in [-0.15, -0.1) is 0 Å². The van der Waals surface area contributed by atoms with Crippen LogP contribution in [0.5, 0.6) is 5.75 Å². The van der Waals surface area contributed by atoms with E-state index in [-0.39, 0.29) is 11.6 Å². The lowest BCUT2D eigenvalue weighted by atomic mass is 9.99. The van der Waals surface area contributed by atoms with Gasteiger partial charge in [-0.25, -0.2) is 14.3 Å². The van der Waals surface area contributed by atoms with Crippen LogP contribution in [0.25, 0.3) is 28.0 Å². The molecule has 0 saturated carbocycles. The Morgan fingerprint density at radius 2 is 1.58 bits per heavy atom. The van der Waals surface area contributed by atoms with E-state index in [1.165, 1.54) is 11.0 Å². The third-order valence-electron chi connectivity index (χ3n) is 6.98. The molecule has 1 aliphatic rings. The van der Waals surface area contributed by atoms with Gasteiger partial charge in [0.25, 0.3) is 0 Å². The molecule has 0 amide bonds. The number of ether oxygens (including phenoxy) is 2. The quantitative estimate of drug-likeness (QED) is 0.164. The van der Waals surface area contributed by atoms with Gasteiger partial charge < -0.3 is 29.9 Å². The van der Waals surface area contributed by atoms with Crippen molar-refractivity contribution in [3.63, 3.8) is 0 Å². The molecule has 14 nitrogen and oxygen atoms in total. The minimum Gasteiger partial charge on any atom is -0.462 e. The van der Waals surface area contributed by atoms with Crippen molar-refractivity contribution in [3.05, 3.63) is 102 Å². The Morgan fingerprint density at radius 1 is 0.933 bits per heavy atom. The van der Waals surface area contributed by atoms with Crippen molar-refractivity contribution in [2.75, 3.05) is 6.61 Å². The maximum atomic E-state index is 10.2. The van der Waals surface area contributed by atoms with E-state index >= 15 is 0 Å². The first-order valence-electron chi connectivity index (χ1n) is 13.6. The van der Waals surface area contributed by atoms with E-state index in [0.717, 1.165) is 11.3 Å². The van der Waals surface area contributed by atoms with Gasteiger partial charge in [-0.1, -0.05) is 48.5 Å². The number of aliphatic hydroxyl groups excluding tert-OH is 4. The number of rotatable bonds is 7. The topological polar surface area (TPSA) is 205 Å². The zero-order valence-corrected chi connectivity index (χ0v) is 23.5. The summed E-state index contributed by atoms with van der Waals surface area (Å²) >= 11 is 0. The second-order valence-corrected chi connectivity index (χ2v) is 9.81. The summed E-state index contributed by atoms with van der Waals surface area (Å²) in [6, 6.07) is 25.9. The molecule has 1 saturated heterocycles. The summed E-state index contributed by atoms with van der Waals surface area (Å²) in [5, 5.41) is 58.3. The largest absolute Gasteiger partial charge is 0.462 e. The van der Waals surface area contributed by atoms with Crippen molar-refractivity contribution in [2.24, 2.45) is 5.10 Å². The monoisotopic (exact) mass is 612 g/mol. The Labute approximate surface area is 255 Å². The standard InChI is InChI=1S/C30H28N6O6.CO2/c31-28-23-24(19-7-3-1-4-8-19)34-36(20-9-5-2-6-10-20)29(23)32-17-35(28)33-15-18-11-13-21(14-12-18)41-30-27(40)26(39)25(38)22(16-37)42-30;2-1-3/h1-15,17,22,25-27,30-31,37-40H,16H2;/b31-28?,33-15-;. The highest BCUT2D eigenvalue weighted by molar-refractivity contribution is 5.91. The predicted molar refractivity (Wildman–Crippen MR) is 157 cm³/mol. The van der Waals surface area contributed by atoms with Crippen molar-refractivity contribution in [2.45, 2.75) is 30.7 Å². The van der Waals surface area contributed by atoms with Gasteiger partial charge >= 0.3 is 6.15 Å². The number of benzene rings is 3. The molecule has 6 rings (SSSR count). The molecular weight excluding hydrogens is 584 g/mol. The number of fused-ring (bicyclic) bond motifs is 1. The fourth-order valence-corrected chi connectivity index (χ4v) is 4.72. The minimum atomic E-state index is -1.53. The summed E-state index contributed by atoms with van der Waals surface area (Å²) < 4.78 is 14.1. The molecule has 0 radical (unpaired) electrons. The summed E-state index contributed by atoms with van der Waals surface area (Å²) in [5.41, 5.74) is 3.62. The van der Waals surface area contributed by atoms with E-state index in [1.807, 2.05) is 60.7 Å². The molecule has 5 N–H and O–H groups in total. The first-order valence-corrected chi connectivity index (χ1v) is 13.6. The van der Waals surface area contributed by atoms with Gasteiger partial charge in [0.2, 0.25) is 6.29 Å². The van der Waals surface area contributed by atoms with E-state index in [1.54, 1.807) is 35.2 Å². The number of nitrogens with zero attached hydrogens (tertiary/aromatic N) is 5. The second kappa shape index (κ2) is 14.0. The summed E-state index contributed by atoms with van der Waals surface area (Å²) in [4.78, 5) is 20.9. The number of para-hydroxylation sites is 1. The number of aliphatic hydroxyl groups is 4. The maximum Gasteiger partial charge on any atom is 0.373 e. The smallest absolute Gasteiger partial charge is 0.373 e. The summed E-state index contributed by atoms with van der Waals surface area (Å²) in [6.45, 7) is -0.545. The Balaban J connectivity index is 0.00000128. The van der Waals surface area contributed by atoms with Gasteiger partial charge in [-0.05, 0) is 42.0 Å². The predicted octanol–water partition coefficient (Wildman–Crippen LogP) is 0.846. The summed E-state index contributed by atoms with van der Waals surface area (Å²) in [5.74, 6) is 0.328. The van der Waals surface area contributed by atoms with E-state index < -0.39 is 37.3 Å². The lowest BCUT2D eigenvalue weighted by Crippen LogP contribution is -2.60. The van der Waals surface area contributed by atoms with Crippen LogP contribution in [0.15, 0.2) is 96.4 Å². The number of hydrogen-bond donors (Lipinski definition) is 5. The highest BCUT2D eigenvalue weighted by atomic mass is 16.7. The first kappa shape index (κ1) is 31.1. The molecule has 5 aromatic rings. The molecule has 3 heterocycles. The molecule has 0 spiro atoms. The van der Waals surface area contributed by atoms with Crippen molar-refractivity contribution in [1.82, 2.24) is 19.4 Å². The van der Waals surface area contributed by atoms with E-state index in [9.17, 15) is 20.4 Å². The van der Waals surface area contributed by atoms with Crippen LogP contribution in [0.2, 0.25) is 0 Å². The molecule has 230 valence electrons. The third-order valence-corrected chi connectivity index (χ3v) is 6.98. The van der Waals surface area contributed by atoms with Gasteiger partial charge in [0.05, 0.1) is 23.9 Å². The number of aromatic nitrogens is 4. The lowest BCUT2D eigenvalue weighted by molar-refractivity contribution is -0.277. The van der Waals surface area contributed by atoms with E-state index in [2.05, 4.69) is 10.1 Å². The Hall–Kier alpha value is -5.34. The fraction of sp³-hybridized carbons (Fsp3) is 0.194. The lowest BCUT2D eigenvalue weighted by Gasteiger charge is -2.39. The SMILES string of the molecule is N=c1c2c(-c3ccccc3)nn(-c3ccccc3)c2ncn1/N=C\c1ccc(OC2OC(CO)C(O)C(O)C2O)cc1.O=C=O. The molecule has 5 unspecified atom stereocenters. The van der Waals surface area contributed by atoms with Crippen molar-refractivity contribution in [3.8, 4) is 22.7 Å². The molecule has 0 bridgehead atoms. The highest BCUT2D eigenvalue weighted by Crippen LogP contribution is 2.27. The van der Waals surface area contributed by atoms with Crippen molar-refractivity contribution < 1.29 is 39.5 Å². The van der Waals surface area contributed by atoms with Gasteiger partial charge in [0.1, 0.15) is 42.2 Å². The normalized spacial score (nSPS) is 21.2. The van der Waals surface area contributed by atoms with Crippen molar-refractivity contribution >= 4 is 23.4 Å². The average Bonchev–Trinajstić information content (AvgIpc) is 3.47. The molecular formula is C31H28N6O8. The highest BCUT2D eigenvalue weighted by Gasteiger charge is 2.44. The molecule has 2 aromatic heterocycles. The first-order chi connectivity index (χ1) is 21.9.